The molecule has 0 saturated heterocycles. The summed E-state index contributed by atoms with van der Waals surface area (Å²) < 4.78 is 17.9. The molecule has 0 aromatic carbocycles. The zero-order valence-electron chi connectivity index (χ0n) is 13.0. The summed E-state index contributed by atoms with van der Waals surface area (Å²) in [5.74, 6) is 0.828. The second-order valence-electron chi connectivity index (χ2n) is 4.56. The molecule has 1 N–H and O–H groups in total. The van der Waals surface area contributed by atoms with Crippen LogP contribution in [0.25, 0.3) is 0 Å². The number of nitrogens with zero attached hydrogens (tertiary/aromatic N) is 2. The zero-order valence-corrected chi connectivity index (χ0v) is 13.0. The first-order valence-electron chi connectivity index (χ1n) is 7.12. The van der Waals surface area contributed by atoms with Crippen molar-refractivity contribution in [1.29, 1.82) is 0 Å². The van der Waals surface area contributed by atoms with E-state index >= 15 is 0 Å². The lowest BCUT2D eigenvalue weighted by atomic mass is 10.1. The van der Waals surface area contributed by atoms with Crippen molar-refractivity contribution in [3.8, 4) is 5.75 Å². The Kier molecular flexibility index (Phi) is 8.25. The first kappa shape index (κ1) is 16.9. The van der Waals surface area contributed by atoms with Gasteiger partial charge in [-0.2, -0.15) is 5.10 Å². The Balaban J connectivity index is 2.65. The summed E-state index contributed by atoms with van der Waals surface area (Å²) >= 11 is 0. The van der Waals surface area contributed by atoms with E-state index in [-0.39, 0.29) is 6.04 Å². The van der Waals surface area contributed by atoms with Gasteiger partial charge in [0, 0.05) is 20.3 Å². The van der Waals surface area contributed by atoms with Gasteiger partial charge < -0.3 is 19.5 Å². The van der Waals surface area contributed by atoms with Gasteiger partial charge >= 0.3 is 0 Å². The van der Waals surface area contributed by atoms with Crippen molar-refractivity contribution in [3.63, 3.8) is 0 Å². The molecule has 0 bridgehead atoms. The lowest BCUT2D eigenvalue weighted by Crippen LogP contribution is -2.23. The van der Waals surface area contributed by atoms with Gasteiger partial charge in [0.25, 0.3) is 0 Å². The van der Waals surface area contributed by atoms with Crippen LogP contribution in [0.15, 0.2) is 6.20 Å². The third kappa shape index (κ3) is 4.77. The van der Waals surface area contributed by atoms with Crippen LogP contribution >= 0.6 is 0 Å². The maximum atomic E-state index is 5.54. The monoisotopic (exact) mass is 285 g/mol. The van der Waals surface area contributed by atoms with Crippen molar-refractivity contribution in [2.24, 2.45) is 0 Å². The minimum atomic E-state index is 0.168. The van der Waals surface area contributed by atoms with Crippen LogP contribution in [0.4, 0.5) is 0 Å². The molecule has 1 aromatic rings. The van der Waals surface area contributed by atoms with Gasteiger partial charge in [-0.25, -0.2) is 0 Å². The van der Waals surface area contributed by atoms with Crippen molar-refractivity contribution in [1.82, 2.24) is 15.1 Å². The van der Waals surface area contributed by atoms with E-state index in [1.165, 1.54) is 0 Å². The van der Waals surface area contributed by atoms with Crippen LogP contribution in [0.1, 0.15) is 31.5 Å². The SMILES string of the molecule is CCCn1ncc(OC)c1C(CCOCCOC)NC. The Labute approximate surface area is 121 Å². The molecular weight excluding hydrogens is 258 g/mol. The van der Waals surface area contributed by atoms with Crippen LogP contribution in [-0.4, -0.2) is 50.9 Å². The fourth-order valence-electron chi connectivity index (χ4n) is 2.14. The number of aryl methyl sites for hydroxylation is 1. The third-order valence-electron chi connectivity index (χ3n) is 3.16. The van der Waals surface area contributed by atoms with Gasteiger partial charge in [-0.05, 0) is 19.9 Å². The van der Waals surface area contributed by atoms with E-state index in [0.29, 0.717) is 19.8 Å². The summed E-state index contributed by atoms with van der Waals surface area (Å²) in [6.07, 6.45) is 3.69. The molecule has 1 unspecified atom stereocenters. The van der Waals surface area contributed by atoms with Crippen molar-refractivity contribution < 1.29 is 14.2 Å². The molecule has 0 fully saturated rings. The number of hydrogen-bond acceptors (Lipinski definition) is 5. The quantitative estimate of drug-likeness (QED) is 0.626. The molecule has 1 atom stereocenters. The highest BCUT2D eigenvalue weighted by Crippen LogP contribution is 2.27. The van der Waals surface area contributed by atoms with Gasteiger partial charge in [0.05, 0.1) is 38.3 Å². The van der Waals surface area contributed by atoms with Crippen LogP contribution in [0.2, 0.25) is 0 Å². The molecule has 6 nitrogen and oxygen atoms in total. The standard InChI is InChI=1S/C14H27N3O3/c1-5-7-17-14(13(19-4)11-16-17)12(15-2)6-8-20-10-9-18-3/h11-12,15H,5-10H2,1-4H3. The predicted octanol–water partition coefficient (Wildman–Crippen LogP) is 1.62. The van der Waals surface area contributed by atoms with E-state index in [4.69, 9.17) is 14.2 Å². The smallest absolute Gasteiger partial charge is 0.161 e. The Hall–Kier alpha value is -1.11. The van der Waals surface area contributed by atoms with Gasteiger partial charge in [0.1, 0.15) is 0 Å². The Morgan fingerprint density at radius 2 is 2.10 bits per heavy atom. The van der Waals surface area contributed by atoms with E-state index in [1.807, 2.05) is 11.7 Å². The van der Waals surface area contributed by atoms with Crippen molar-refractivity contribution in [3.05, 3.63) is 11.9 Å². The summed E-state index contributed by atoms with van der Waals surface area (Å²) in [4.78, 5) is 0. The van der Waals surface area contributed by atoms with E-state index < -0.39 is 0 Å². The largest absolute Gasteiger partial charge is 0.493 e. The number of methoxy groups -OCH3 is 2. The molecule has 0 aliphatic carbocycles. The molecule has 1 aromatic heterocycles. The average Bonchev–Trinajstić information content (AvgIpc) is 2.86. The van der Waals surface area contributed by atoms with Crippen molar-refractivity contribution in [2.75, 3.05) is 41.1 Å². The molecule has 1 heterocycles. The maximum Gasteiger partial charge on any atom is 0.161 e. The predicted molar refractivity (Wildman–Crippen MR) is 78.2 cm³/mol. The maximum absolute atomic E-state index is 5.54. The van der Waals surface area contributed by atoms with Gasteiger partial charge in [0.2, 0.25) is 0 Å². The van der Waals surface area contributed by atoms with Crippen LogP contribution in [0, 0.1) is 0 Å². The van der Waals surface area contributed by atoms with Gasteiger partial charge in [0.15, 0.2) is 5.75 Å². The summed E-state index contributed by atoms with van der Waals surface area (Å²) in [5.41, 5.74) is 1.09. The Morgan fingerprint density at radius 1 is 1.30 bits per heavy atom. The molecule has 0 saturated carbocycles. The van der Waals surface area contributed by atoms with Crippen molar-refractivity contribution in [2.45, 2.75) is 32.4 Å². The molecule has 0 radical (unpaired) electrons. The first-order chi connectivity index (χ1) is 9.78. The van der Waals surface area contributed by atoms with Crippen molar-refractivity contribution >= 4 is 0 Å². The van der Waals surface area contributed by atoms with E-state index in [2.05, 4.69) is 17.3 Å². The Bertz CT molecular complexity index is 369. The van der Waals surface area contributed by atoms with Crippen LogP contribution < -0.4 is 10.1 Å². The summed E-state index contributed by atoms with van der Waals surface area (Å²) in [5, 5.41) is 7.71. The summed E-state index contributed by atoms with van der Waals surface area (Å²) in [6.45, 7) is 4.95. The van der Waals surface area contributed by atoms with E-state index in [9.17, 15) is 0 Å². The molecule has 1 rings (SSSR count). The lowest BCUT2D eigenvalue weighted by molar-refractivity contribution is 0.0656. The minimum absolute atomic E-state index is 0.168. The molecule has 20 heavy (non-hydrogen) atoms. The highest BCUT2D eigenvalue weighted by molar-refractivity contribution is 5.28. The molecule has 0 amide bonds. The minimum Gasteiger partial charge on any atom is -0.493 e. The van der Waals surface area contributed by atoms with Gasteiger partial charge in [-0.3, -0.25) is 4.68 Å². The highest BCUT2D eigenvalue weighted by atomic mass is 16.5. The molecule has 0 spiro atoms. The van der Waals surface area contributed by atoms with Crippen LogP contribution in [-0.2, 0) is 16.0 Å². The van der Waals surface area contributed by atoms with Crippen LogP contribution in [0.5, 0.6) is 5.75 Å². The van der Waals surface area contributed by atoms with E-state index in [0.717, 1.165) is 30.8 Å². The Morgan fingerprint density at radius 3 is 2.70 bits per heavy atom. The average molecular weight is 285 g/mol. The number of rotatable bonds is 11. The second-order valence-corrected chi connectivity index (χ2v) is 4.56. The number of aromatic nitrogens is 2. The number of nitrogens with one attached hydrogen (secondary N) is 1. The molecule has 0 aliphatic rings. The molecule has 0 aliphatic heterocycles. The molecular formula is C14H27N3O3. The second kappa shape index (κ2) is 9.74. The summed E-state index contributed by atoms with van der Waals surface area (Å²) in [7, 11) is 5.30. The lowest BCUT2D eigenvalue weighted by Gasteiger charge is -2.19. The molecule has 6 heteroatoms. The topological polar surface area (TPSA) is 57.5 Å². The summed E-state index contributed by atoms with van der Waals surface area (Å²) in [6, 6.07) is 0.168. The molecule has 116 valence electrons. The van der Waals surface area contributed by atoms with Crippen LogP contribution in [0.3, 0.4) is 0 Å². The van der Waals surface area contributed by atoms with Gasteiger partial charge in [-0.1, -0.05) is 6.92 Å². The van der Waals surface area contributed by atoms with Gasteiger partial charge in [-0.15, -0.1) is 0 Å². The zero-order chi connectivity index (χ0) is 14.8. The van der Waals surface area contributed by atoms with E-state index in [1.54, 1.807) is 20.4 Å². The first-order valence-corrected chi connectivity index (χ1v) is 7.12. The normalized spacial score (nSPS) is 12.6. The third-order valence-corrected chi connectivity index (χ3v) is 3.16. The highest BCUT2D eigenvalue weighted by Gasteiger charge is 2.20. The fraction of sp³-hybridized carbons (Fsp3) is 0.786. The number of hydrogen-bond donors (Lipinski definition) is 1. The fourth-order valence-corrected chi connectivity index (χ4v) is 2.14. The number of ether oxygens (including phenoxy) is 3.